The number of halogens is 2. The van der Waals surface area contributed by atoms with Crippen molar-refractivity contribution in [1.29, 1.82) is 0 Å². The molecule has 2 amide bonds. The molecule has 2 aromatic heterocycles. The zero-order valence-electron chi connectivity index (χ0n) is 13.4. The first-order chi connectivity index (χ1) is 12.5. The fourth-order valence-corrected chi connectivity index (χ4v) is 2.88. The lowest BCUT2D eigenvalue weighted by Gasteiger charge is -2.09. The van der Waals surface area contributed by atoms with E-state index in [1.807, 2.05) is 17.5 Å². The number of thiophene rings is 1. The van der Waals surface area contributed by atoms with Gasteiger partial charge < -0.3 is 10.6 Å². The molecule has 1 aromatic carbocycles. The molecule has 2 N–H and O–H groups in total. The molecule has 134 valence electrons. The van der Waals surface area contributed by atoms with E-state index in [0.717, 1.165) is 17.0 Å². The Labute approximate surface area is 151 Å². The van der Waals surface area contributed by atoms with Crippen molar-refractivity contribution in [2.45, 2.75) is 6.54 Å². The number of benzene rings is 1. The molecule has 0 radical (unpaired) electrons. The van der Waals surface area contributed by atoms with E-state index in [9.17, 15) is 18.4 Å². The Bertz CT molecular complexity index is 973. The Balaban J connectivity index is 1.57. The highest BCUT2D eigenvalue weighted by Gasteiger charge is 2.07. The van der Waals surface area contributed by atoms with Gasteiger partial charge in [0.2, 0.25) is 0 Å². The average Bonchev–Trinajstić information content (AvgIpc) is 3.14. The minimum Gasteiger partial charge on any atom is -0.336 e. The number of carbonyl (C=O) groups is 1. The minimum absolute atomic E-state index is 0.122. The van der Waals surface area contributed by atoms with Crippen LogP contribution in [-0.4, -0.2) is 22.4 Å². The van der Waals surface area contributed by atoms with E-state index in [-0.39, 0.29) is 24.3 Å². The lowest BCUT2D eigenvalue weighted by atomic mass is 10.3. The molecule has 0 aliphatic heterocycles. The van der Waals surface area contributed by atoms with Crippen molar-refractivity contribution in [1.82, 2.24) is 15.1 Å². The van der Waals surface area contributed by atoms with Crippen LogP contribution in [0, 0.1) is 11.6 Å². The van der Waals surface area contributed by atoms with Gasteiger partial charge in [0.25, 0.3) is 5.56 Å². The molecule has 0 spiro atoms. The first kappa shape index (κ1) is 17.7. The van der Waals surface area contributed by atoms with Crippen molar-refractivity contribution in [3.63, 3.8) is 0 Å². The average molecular weight is 376 g/mol. The molecule has 0 unspecified atom stereocenters. The smallest absolute Gasteiger partial charge is 0.319 e. The summed E-state index contributed by atoms with van der Waals surface area (Å²) >= 11 is 1.51. The standard InChI is InChI=1S/C17H14F2N4O2S/c18-12-4-3-11(10-13(12)19)21-17(25)20-7-8-23-16(24)6-5-14(22-23)15-2-1-9-26-15/h1-6,9-10H,7-8H2,(H2,20,21,25). The third kappa shape index (κ3) is 4.31. The van der Waals surface area contributed by atoms with Gasteiger partial charge in [-0.25, -0.2) is 18.3 Å². The molecule has 26 heavy (non-hydrogen) atoms. The van der Waals surface area contributed by atoms with Crippen molar-refractivity contribution >= 4 is 23.1 Å². The van der Waals surface area contributed by atoms with Crippen LogP contribution in [0.3, 0.4) is 0 Å². The van der Waals surface area contributed by atoms with Crippen LogP contribution in [0.1, 0.15) is 0 Å². The largest absolute Gasteiger partial charge is 0.336 e. The zero-order valence-corrected chi connectivity index (χ0v) is 14.2. The SMILES string of the molecule is O=C(NCCn1nc(-c2cccs2)ccc1=O)Nc1ccc(F)c(F)c1. The molecule has 0 saturated heterocycles. The summed E-state index contributed by atoms with van der Waals surface area (Å²) in [5.74, 6) is -2.05. The van der Waals surface area contributed by atoms with E-state index in [2.05, 4.69) is 15.7 Å². The lowest BCUT2D eigenvalue weighted by Crippen LogP contribution is -2.34. The summed E-state index contributed by atoms with van der Waals surface area (Å²) in [6.07, 6.45) is 0. The van der Waals surface area contributed by atoms with Crippen LogP contribution in [-0.2, 0) is 6.54 Å². The number of hydrogen-bond donors (Lipinski definition) is 2. The van der Waals surface area contributed by atoms with E-state index in [1.165, 1.54) is 28.2 Å². The van der Waals surface area contributed by atoms with Gasteiger partial charge in [-0.15, -0.1) is 11.3 Å². The molecule has 0 fully saturated rings. The zero-order chi connectivity index (χ0) is 18.5. The molecular weight excluding hydrogens is 362 g/mol. The van der Waals surface area contributed by atoms with Gasteiger partial charge in [-0.2, -0.15) is 5.10 Å². The first-order valence-corrected chi connectivity index (χ1v) is 8.53. The molecule has 0 aliphatic carbocycles. The predicted octanol–water partition coefficient (Wildman–Crippen LogP) is 3.07. The fraction of sp³-hybridized carbons (Fsp3) is 0.118. The second-order valence-corrected chi connectivity index (χ2v) is 6.21. The number of hydrogen-bond acceptors (Lipinski definition) is 4. The van der Waals surface area contributed by atoms with Crippen LogP contribution in [0.5, 0.6) is 0 Å². The molecule has 6 nitrogen and oxygen atoms in total. The number of nitrogens with one attached hydrogen (secondary N) is 2. The lowest BCUT2D eigenvalue weighted by molar-refractivity contribution is 0.251. The fourth-order valence-electron chi connectivity index (χ4n) is 2.19. The Hall–Kier alpha value is -3.07. The van der Waals surface area contributed by atoms with Crippen molar-refractivity contribution in [2.75, 3.05) is 11.9 Å². The Morgan fingerprint density at radius 1 is 1.15 bits per heavy atom. The van der Waals surface area contributed by atoms with Crippen LogP contribution in [0.2, 0.25) is 0 Å². The third-order valence-corrected chi connectivity index (χ3v) is 4.32. The highest BCUT2D eigenvalue weighted by Crippen LogP contribution is 2.21. The summed E-state index contributed by atoms with van der Waals surface area (Å²) in [7, 11) is 0. The van der Waals surface area contributed by atoms with Crippen molar-refractivity contribution in [2.24, 2.45) is 0 Å². The van der Waals surface area contributed by atoms with Crippen LogP contribution in [0.15, 0.2) is 52.6 Å². The number of carbonyl (C=O) groups excluding carboxylic acids is 1. The van der Waals surface area contributed by atoms with Gasteiger partial charge in [-0.3, -0.25) is 4.79 Å². The molecule has 0 bridgehead atoms. The van der Waals surface area contributed by atoms with Gasteiger partial charge in [0.15, 0.2) is 11.6 Å². The maximum absolute atomic E-state index is 13.1. The minimum atomic E-state index is -1.05. The van der Waals surface area contributed by atoms with Crippen molar-refractivity contribution in [3.8, 4) is 10.6 Å². The van der Waals surface area contributed by atoms with Crippen LogP contribution in [0.4, 0.5) is 19.3 Å². The molecular formula is C17H14F2N4O2S. The van der Waals surface area contributed by atoms with E-state index >= 15 is 0 Å². The number of amides is 2. The number of nitrogens with zero attached hydrogens (tertiary/aromatic N) is 2. The van der Waals surface area contributed by atoms with Gasteiger partial charge >= 0.3 is 6.03 Å². The van der Waals surface area contributed by atoms with Crippen LogP contribution < -0.4 is 16.2 Å². The summed E-state index contributed by atoms with van der Waals surface area (Å²) in [4.78, 5) is 24.6. The van der Waals surface area contributed by atoms with Crippen LogP contribution >= 0.6 is 11.3 Å². The van der Waals surface area contributed by atoms with Gasteiger partial charge in [0, 0.05) is 24.4 Å². The highest BCUT2D eigenvalue weighted by molar-refractivity contribution is 7.13. The summed E-state index contributed by atoms with van der Waals surface area (Å²) in [5, 5.41) is 11.1. The molecule has 0 aliphatic rings. The summed E-state index contributed by atoms with van der Waals surface area (Å²) in [6, 6.07) is 9.30. The normalized spacial score (nSPS) is 10.5. The molecule has 0 saturated carbocycles. The molecule has 0 atom stereocenters. The monoisotopic (exact) mass is 376 g/mol. The second-order valence-electron chi connectivity index (χ2n) is 5.27. The van der Waals surface area contributed by atoms with E-state index in [1.54, 1.807) is 6.07 Å². The Morgan fingerprint density at radius 2 is 2.00 bits per heavy atom. The Kier molecular flexibility index (Phi) is 5.37. The third-order valence-electron chi connectivity index (χ3n) is 3.43. The quantitative estimate of drug-likeness (QED) is 0.719. The maximum Gasteiger partial charge on any atom is 0.319 e. The van der Waals surface area contributed by atoms with E-state index in [4.69, 9.17) is 0 Å². The highest BCUT2D eigenvalue weighted by atomic mass is 32.1. The summed E-state index contributed by atoms with van der Waals surface area (Å²) in [5.41, 5.74) is 0.510. The number of rotatable bonds is 5. The first-order valence-electron chi connectivity index (χ1n) is 7.65. The Morgan fingerprint density at radius 3 is 2.73 bits per heavy atom. The van der Waals surface area contributed by atoms with Gasteiger partial charge in [0.1, 0.15) is 5.69 Å². The molecule has 9 heteroatoms. The molecule has 3 rings (SSSR count). The summed E-state index contributed by atoms with van der Waals surface area (Å²) < 4.78 is 27.2. The predicted molar refractivity (Wildman–Crippen MR) is 95.2 cm³/mol. The van der Waals surface area contributed by atoms with E-state index in [0.29, 0.717) is 5.69 Å². The van der Waals surface area contributed by atoms with Crippen LogP contribution in [0.25, 0.3) is 10.6 Å². The number of aromatic nitrogens is 2. The van der Waals surface area contributed by atoms with Gasteiger partial charge in [0.05, 0.1) is 11.4 Å². The molecule has 3 aromatic rings. The molecule has 2 heterocycles. The number of urea groups is 1. The van der Waals surface area contributed by atoms with Gasteiger partial charge in [-0.1, -0.05) is 6.07 Å². The van der Waals surface area contributed by atoms with Crippen molar-refractivity contribution in [3.05, 3.63) is 69.8 Å². The second kappa shape index (κ2) is 7.87. The van der Waals surface area contributed by atoms with Crippen molar-refractivity contribution < 1.29 is 13.6 Å². The van der Waals surface area contributed by atoms with Gasteiger partial charge in [-0.05, 0) is 29.6 Å². The maximum atomic E-state index is 13.1. The number of anilines is 1. The van der Waals surface area contributed by atoms with E-state index < -0.39 is 17.7 Å². The topological polar surface area (TPSA) is 76.0 Å². The summed E-state index contributed by atoms with van der Waals surface area (Å²) in [6.45, 7) is 0.305.